The SMILES string of the molecule is CC1(C)SCN(C(=O)C(O)C(Cc2ccccc2)NC(=O)OC2CCOC2)C1C(=O)NC1CCCc2ccccc21. The Morgan fingerprint density at radius 3 is 2.63 bits per heavy atom. The number of thioether (sulfide) groups is 1. The van der Waals surface area contributed by atoms with E-state index in [2.05, 4.69) is 22.8 Å². The Labute approximate surface area is 245 Å². The predicted octanol–water partition coefficient (Wildman–Crippen LogP) is 3.35. The number of hydrogen-bond acceptors (Lipinski definition) is 7. The number of hydrogen-bond donors (Lipinski definition) is 3. The molecule has 1 aliphatic carbocycles. The third-order valence-electron chi connectivity index (χ3n) is 8.16. The average molecular weight is 582 g/mol. The zero-order valence-corrected chi connectivity index (χ0v) is 24.4. The van der Waals surface area contributed by atoms with Gasteiger partial charge in [0.2, 0.25) is 5.91 Å². The maximum Gasteiger partial charge on any atom is 0.407 e. The van der Waals surface area contributed by atoms with Gasteiger partial charge in [-0.15, -0.1) is 11.8 Å². The van der Waals surface area contributed by atoms with Gasteiger partial charge in [-0.1, -0.05) is 54.6 Å². The third-order valence-corrected chi connectivity index (χ3v) is 9.54. The molecule has 2 aromatic rings. The number of aliphatic hydroxyl groups excluding tert-OH is 1. The summed E-state index contributed by atoms with van der Waals surface area (Å²) in [6.45, 7) is 4.72. The monoisotopic (exact) mass is 581 g/mol. The summed E-state index contributed by atoms with van der Waals surface area (Å²) in [4.78, 5) is 41.9. The number of carbonyl (C=O) groups is 3. The van der Waals surface area contributed by atoms with E-state index in [1.165, 1.54) is 22.2 Å². The van der Waals surface area contributed by atoms with Crippen LogP contribution in [0.4, 0.5) is 4.79 Å². The Morgan fingerprint density at radius 2 is 1.88 bits per heavy atom. The van der Waals surface area contributed by atoms with Gasteiger partial charge in [0.1, 0.15) is 12.1 Å². The number of nitrogens with one attached hydrogen (secondary N) is 2. The highest BCUT2D eigenvalue weighted by Gasteiger charge is 2.50. The van der Waals surface area contributed by atoms with Crippen molar-refractivity contribution in [2.45, 2.75) is 81.0 Å². The van der Waals surface area contributed by atoms with Gasteiger partial charge in [0, 0.05) is 11.2 Å². The van der Waals surface area contributed by atoms with E-state index in [1.54, 1.807) is 0 Å². The summed E-state index contributed by atoms with van der Waals surface area (Å²) in [6, 6.07) is 15.6. The second-order valence-corrected chi connectivity index (χ2v) is 13.1. The number of rotatable bonds is 8. The van der Waals surface area contributed by atoms with E-state index >= 15 is 0 Å². The number of ether oxygens (including phenoxy) is 2. The van der Waals surface area contributed by atoms with Crippen molar-refractivity contribution in [3.05, 3.63) is 71.3 Å². The molecule has 5 atom stereocenters. The van der Waals surface area contributed by atoms with Gasteiger partial charge in [-0.2, -0.15) is 0 Å². The van der Waals surface area contributed by atoms with Crippen LogP contribution in [0.25, 0.3) is 0 Å². The molecule has 10 heteroatoms. The molecule has 2 fully saturated rings. The molecule has 220 valence electrons. The molecule has 9 nitrogen and oxygen atoms in total. The number of aliphatic hydroxyl groups is 1. The van der Waals surface area contributed by atoms with Crippen molar-refractivity contribution in [2.24, 2.45) is 0 Å². The van der Waals surface area contributed by atoms with Gasteiger partial charge in [0.25, 0.3) is 5.91 Å². The molecule has 0 bridgehead atoms. The van der Waals surface area contributed by atoms with Crippen LogP contribution in [0.1, 0.15) is 55.8 Å². The van der Waals surface area contributed by atoms with Crippen LogP contribution in [-0.2, 0) is 31.9 Å². The van der Waals surface area contributed by atoms with Crippen LogP contribution in [0.15, 0.2) is 54.6 Å². The lowest BCUT2D eigenvalue weighted by molar-refractivity contribution is -0.147. The number of aryl methyl sites for hydroxylation is 1. The molecule has 0 aromatic heterocycles. The third kappa shape index (κ3) is 6.88. The van der Waals surface area contributed by atoms with Crippen LogP contribution in [0.2, 0.25) is 0 Å². The van der Waals surface area contributed by atoms with Crippen molar-refractivity contribution < 1.29 is 29.0 Å². The molecule has 2 heterocycles. The lowest BCUT2D eigenvalue weighted by Gasteiger charge is -2.35. The molecule has 0 radical (unpaired) electrons. The van der Waals surface area contributed by atoms with Gasteiger partial charge in [-0.3, -0.25) is 9.59 Å². The van der Waals surface area contributed by atoms with Crippen LogP contribution >= 0.6 is 11.8 Å². The Bertz CT molecular complexity index is 1240. The van der Waals surface area contributed by atoms with E-state index in [0.717, 1.165) is 30.4 Å². The van der Waals surface area contributed by atoms with E-state index in [9.17, 15) is 19.5 Å². The summed E-state index contributed by atoms with van der Waals surface area (Å²) in [5, 5.41) is 17.3. The largest absolute Gasteiger partial charge is 0.444 e. The van der Waals surface area contributed by atoms with Crippen molar-refractivity contribution in [3.8, 4) is 0 Å². The number of fused-ring (bicyclic) bond motifs is 1. The van der Waals surface area contributed by atoms with Crippen molar-refractivity contribution in [2.75, 3.05) is 19.1 Å². The predicted molar refractivity (Wildman–Crippen MR) is 156 cm³/mol. The number of alkyl carbamates (subject to hydrolysis) is 1. The van der Waals surface area contributed by atoms with Crippen LogP contribution in [-0.4, -0.2) is 76.0 Å². The lowest BCUT2D eigenvalue weighted by atomic mass is 9.87. The second-order valence-electron chi connectivity index (χ2n) is 11.5. The van der Waals surface area contributed by atoms with Crippen LogP contribution in [0.3, 0.4) is 0 Å². The highest BCUT2D eigenvalue weighted by Crippen LogP contribution is 2.40. The van der Waals surface area contributed by atoms with Crippen LogP contribution < -0.4 is 10.6 Å². The summed E-state index contributed by atoms with van der Waals surface area (Å²) in [5.74, 6) is -0.586. The Kier molecular flexibility index (Phi) is 9.21. The standard InChI is InChI=1S/C31H39N3O6S/c1-31(2)27(28(36)32-24-14-8-12-21-11-6-7-13-23(21)24)34(19-41-31)29(37)26(35)25(17-20-9-4-3-5-10-20)33-30(38)40-22-15-16-39-18-22/h3-7,9-11,13,22,24-27,35H,8,12,14-19H2,1-2H3,(H,32,36)(H,33,38). The molecule has 5 rings (SSSR count). The van der Waals surface area contributed by atoms with Crippen LogP contribution in [0, 0.1) is 0 Å². The highest BCUT2D eigenvalue weighted by molar-refractivity contribution is 8.00. The van der Waals surface area contributed by atoms with E-state index in [0.29, 0.717) is 19.6 Å². The average Bonchev–Trinajstić information content (AvgIpc) is 3.59. The Morgan fingerprint density at radius 1 is 1.12 bits per heavy atom. The minimum atomic E-state index is -1.58. The molecule has 2 aliphatic heterocycles. The van der Waals surface area contributed by atoms with E-state index < -0.39 is 34.9 Å². The first-order valence-corrected chi connectivity index (χ1v) is 15.3. The summed E-state index contributed by atoms with van der Waals surface area (Å²) in [5.41, 5.74) is 3.19. The molecule has 0 spiro atoms. The molecule has 2 aromatic carbocycles. The number of nitrogens with zero attached hydrogens (tertiary/aromatic N) is 1. The summed E-state index contributed by atoms with van der Waals surface area (Å²) in [6.07, 6.45) is 0.936. The number of carbonyl (C=O) groups excluding carboxylic acids is 3. The minimum Gasteiger partial charge on any atom is -0.444 e. The van der Waals surface area contributed by atoms with Gasteiger partial charge in [-0.05, 0) is 56.2 Å². The first kappa shape index (κ1) is 29.4. The lowest BCUT2D eigenvalue weighted by Crippen LogP contribution is -2.59. The van der Waals surface area contributed by atoms with Crippen molar-refractivity contribution in [3.63, 3.8) is 0 Å². The normalized spacial score (nSPS) is 24.7. The molecule has 3 amide bonds. The quantitative estimate of drug-likeness (QED) is 0.438. The second kappa shape index (κ2) is 12.8. The zero-order chi connectivity index (χ0) is 29.0. The topological polar surface area (TPSA) is 117 Å². The summed E-state index contributed by atoms with van der Waals surface area (Å²) >= 11 is 1.50. The molecule has 3 N–H and O–H groups in total. The van der Waals surface area contributed by atoms with Gasteiger partial charge >= 0.3 is 6.09 Å². The summed E-state index contributed by atoms with van der Waals surface area (Å²) < 4.78 is 10.2. The fraction of sp³-hybridized carbons (Fsp3) is 0.516. The molecule has 41 heavy (non-hydrogen) atoms. The van der Waals surface area contributed by atoms with Crippen molar-refractivity contribution in [1.82, 2.24) is 15.5 Å². The molecule has 5 unspecified atom stereocenters. The number of benzene rings is 2. The Hall–Kier alpha value is -3.08. The first-order valence-electron chi connectivity index (χ1n) is 14.3. The van der Waals surface area contributed by atoms with Crippen LogP contribution in [0.5, 0.6) is 0 Å². The molecule has 2 saturated heterocycles. The van der Waals surface area contributed by atoms with Crippen molar-refractivity contribution >= 4 is 29.7 Å². The Balaban J connectivity index is 1.32. The highest BCUT2D eigenvalue weighted by atomic mass is 32.2. The minimum absolute atomic E-state index is 0.127. The van der Waals surface area contributed by atoms with E-state index in [-0.39, 0.29) is 30.4 Å². The fourth-order valence-electron chi connectivity index (χ4n) is 5.96. The summed E-state index contributed by atoms with van der Waals surface area (Å²) in [7, 11) is 0. The maximum absolute atomic E-state index is 13.9. The zero-order valence-electron chi connectivity index (χ0n) is 23.6. The first-order chi connectivity index (χ1) is 19.7. The van der Waals surface area contributed by atoms with Crippen molar-refractivity contribution in [1.29, 1.82) is 0 Å². The number of amides is 3. The fourth-order valence-corrected chi connectivity index (χ4v) is 7.10. The molecular weight excluding hydrogens is 542 g/mol. The maximum atomic E-state index is 13.9. The van der Waals surface area contributed by atoms with E-state index in [4.69, 9.17) is 9.47 Å². The van der Waals surface area contributed by atoms with Gasteiger partial charge in [0.15, 0.2) is 6.10 Å². The van der Waals surface area contributed by atoms with Gasteiger partial charge < -0.3 is 30.1 Å². The molecule has 3 aliphatic rings. The van der Waals surface area contributed by atoms with Gasteiger partial charge in [-0.25, -0.2) is 4.79 Å². The van der Waals surface area contributed by atoms with E-state index in [1.807, 2.05) is 56.3 Å². The van der Waals surface area contributed by atoms with Gasteiger partial charge in [0.05, 0.1) is 31.2 Å². The molecule has 0 saturated carbocycles. The smallest absolute Gasteiger partial charge is 0.407 e. The molecular formula is C31H39N3O6S.